The average molecular weight is 535 g/mol. The van der Waals surface area contributed by atoms with Gasteiger partial charge in [0.05, 0.1) is 32.7 Å². The van der Waals surface area contributed by atoms with Gasteiger partial charge < -0.3 is 14.0 Å². The zero-order chi connectivity index (χ0) is 25.9. The number of carbonyl (C=O) groups excluding carboxylic acids is 1. The first-order valence-corrected chi connectivity index (χ1v) is 13.5. The van der Waals surface area contributed by atoms with Crippen molar-refractivity contribution in [3.05, 3.63) is 62.9 Å². The van der Waals surface area contributed by atoms with E-state index in [1.54, 1.807) is 17.7 Å². The van der Waals surface area contributed by atoms with Gasteiger partial charge in [-0.2, -0.15) is 9.30 Å². The van der Waals surface area contributed by atoms with Crippen molar-refractivity contribution in [2.24, 2.45) is 4.99 Å². The maximum atomic E-state index is 12.9. The summed E-state index contributed by atoms with van der Waals surface area (Å²) in [6.07, 6.45) is 1.63. The largest absolute Gasteiger partial charge is 0.383 e. The van der Waals surface area contributed by atoms with Crippen molar-refractivity contribution in [1.82, 2.24) is 8.87 Å². The lowest BCUT2D eigenvalue weighted by molar-refractivity contribution is -0.384. The van der Waals surface area contributed by atoms with E-state index in [9.17, 15) is 23.3 Å². The summed E-state index contributed by atoms with van der Waals surface area (Å²) in [6.45, 7) is 1.66. The van der Waals surface area contributed by atoms with E-state index in [1.807, 2.05) is 0 Å². The molecule has 1 amide bonds. The number of rotatable bonds is 9. The summed E-state index contributed by atoms with van der Waals surface area (Å²) >= 11 is 1.16. The standard InChI is InChI=1S/C23H26N4O7S2/c1-25(15-18-4-3-12-34-18)36(31,32)19-8-5-16(6-9-19)22(28)24-23-26(11-13-33-2)20-10-7-17(27(29)30)14-21(20)35-23/h5-10,14,18H,3-4,11-13,15H2,1-2H3. The Balaban J connectivity index is 1.61. The summed E-state index contributed by atoms with van der Waals surface area (Å²) in [5, 5.41) is 11.2. The van der Waals surface area contributed by atoms with Crippen molar-refractivity contribution in [2.45, 2.75) is 30.4 Å². The number of methoxy groups -OCH3 is 1. The van der Waals surface area contributed by atoms with Gasteiger partial charge in [-0.3, -0.25) is 14.9 Å². The fraction of sp³-hybridized carbons (Fsp3) is 0.391. The fourth-order valence-electron chi connectivity index (χ4n) is 3.93. The first kappa shape index (κ1) is 26.1. The number of nitrogens with zero attached hydrogens (tertiary/aromatic N) is 4. The molecule has 2 heterocycles. The molecule has 0 aliphatic carbocycles. The quantitative estimate of drug-likeness (QED) is 0.304. The number of non-ortho nitro benzene ring substituents is 1. The topological polar surface area (TPSA) is 133 Å². The van der Waals surface area contributed by atoms with Crippen molar-refractivity contribution in [3.8, 4) is 0 Å². The van der Waals surface area contributed by atoms with Crippen LogP contribution in [0.15, 0.2) is 52.4 Å². The molecule has 3 aromatic rings. The average Bonchev–Trinajstić information content (AvgIpc) is 3.49. The Hall–Kier alpha value is -2.97. The summed E-state index contributed by atoms with van der Waals surface area (Å²) < 4.78 is 40.2. The van der Waals surface area contributed by atoms with Crippen molar-refractivity contribution in [1.29, 1.82) is 0 Å². The van der Waals surface area contributed by atoms with Crippen molar-refractivity contribution in [2.75, 3.05) is 33.9 Å². The van der Waals surface area contributed by atoms with E-state index in [0.717, 1.165) is 24.2 Å². The van der Waals surface area contributed by atoms with E-state index in [4.69, 9.17) is 9.47 Å². The lowest BCUT2D eigenvalue weighted by atomic mass is 10.2. The molecule has 0 radical (unpaired) electrons. The van der Waals surface area contributed by atoms with Crippen LogP contribution < -0.4 is 4.80 Å². The van der Waals surface area contributed by atoms with E-state index in [1.165, 1.54) is 47.8 Å². The number of amides is 1. The van der Waals surface area contributed by atoms with Gasteiger partial charge in [0.25, 0.3) is 11.6 Å². The van der Waals surface area contributed by atoms with Gasteiger partial charge in [0.2, 0.25) is 10.0 Å². The number of benzene rings is 2. The number of aromatic nitrogens is 1. The normalized spacial score (nSPS) is 16.8. The molecule has 0 N–H and O–H groups in total. The molecular weight excluding hydrogens is 508 g/mol. The Morgan fingerprint density at radius 2 is 2.06 bits per heavy atom. The summed E-state index contributed by atoms with van der Waals surface area (Å²) in [5.74, 6) is -0.557. The highest BCUT2D eigenvalue weighted by Crippen LogP contribution is 2.24. The number of likely N-dealkylation sites (N-methyl/N-ethyl adjacent to an activating group) is 1. The lowest BCUT2D eigenvalue weighted by Gasteiger charge is -2.20. The van der Waals surface area contributed by atoms with Crippen molar-refractivity contribution < 1.29 is 27.6 Å². The van der Waals surface area contributed by atoms with E-state index >= 15 is 0 Å². The number of fused-ring (bicyclic) bond motifs is 1. The third kappa shape index (κ3) is 5.55. The molecule has 2 aromatic carbocycles. The minimum atomic E-state index is -3.73. The van der Waals surface area contributed by atoms with Gasteiger partial charge in [0.15, 0.2) is 4.80 Å². The second-order valence-electron chi connectivity index (χ2n) is 8.30. The zero-order valence-electron chi connectivity index (χ0n) is 19.8. The zero-order valence-corrected chi connectivity index (χ0v) is 21.5. The van der Waals surface area contributed by atoms with Crippen molar-refractivity contribution >= 4 is 43.2 Å². The maximum Gasteiger partial charge on any atom is 0.279 e. The van der Waals surface area contributed by atoms with E-state index < -0.39 is 20.9 Å². The van der Waals surface area contributed by atoms with Gasteiger partial charge >= 0.3 is 0 Å². The molecule has 1 atom stereocenters. The van der Waals surface area contributed by atoms with Gasteiger partial charge in [0, 0.05) is 51.6 Å². The summed E-state index contributed by atoms with van der Waals surface area (Å²) in [6, 6.07) is 10.1. The number of nitro groups is 1. The first-order valence-electron chi connectivity index (χ1n) is 11.2. The van der Waals surface area contributed by atoms with Gasteiger partial charge in [-0.15, -0.1) is 0 Å². The smallest absolute Gasteiger partial charge is 0.279 e. The molecule has 36 heavy (non-hydrogen) atoms. The summed E-state index contributed by atoms with van der Waals surface area (Å²) in [7, 11) is -0.672. The first-order chi connectivity index (χ1) is 17.2. The predicted molar refractivity (Wildman–Crippen MR) is 133 cm³/mol. The number of sulfonamides is 1. The molecule has 1 unspecified atom stereocenters. The van der Waals surface area contributed by atoms with Crippen LogP contribution in [0.3, 0.4) is 0 Å². The second-order valence-corrected chi connectivity index (χ2v) is 11.4. The van der Waals surface area contributed by atoms with Gasteiger partial charge in [-0.25, -0.2) is 8.42 Å². The maximum absolute atomic E-state index is 12.9. The number of hydrogen-bond acceptors (Lipinski definition) is 8. The highest BCUT2D eigenvalue weighted by molar-refractivity contribution is 7.89. The molecule has 0 bridgehead atoms. The van der Waals surface area contributed by atoms with Crippen LogP contribution in [0, 0.1) is 10.1 Å². The van der Waals surface area contributed by atoms with E-state index in [-0.39, 0.29) is 28.8 Å². The molecular formula is C23H26N4O7S2. The highest BCUT2D eigenvalue weighted by Gasteiger charge is 2.26. The third-order valence-corrected chi connectivity index (χ3v) is 8.77. The Bertz CT molecular complexity index is 1440. The van der Waals surface area contributed by atoms with Gasteiger partial charge in [0.1, 0.15) is 0 Å². The molecule has 0 saturated carbocycles. The van der Waals surface area contributed by atoms with Crippen LogP contribution >= 0.6 is 11.3 Å². The summed E-state index contributed by atoms with van der Waals surface area (Å²) in [4.78, 5) is 28.3. The van der Waals surface area contributed by atoms with Crippen LogP contribution in [0.4, 0.5) is 5.69 Å². The Morgan fingerprint density at radius 1 is 1.31 bits per heavy atom. The minimum Gasteiger partial charge on any atom is -0.383 e. The second kappa shape index (κ2) is 11.0. The predicted octanol–water partition coefficient (Wildman–Crippen LogP) is 2.80. The van der Waals surface area contributed by atoms with Crippen molar-refractivity contribution in [3.63, 3.8) is 0 Å². The molecule has 1 saturated heterocycles. The van der Waals surface area contributed by atoms with Crippen LogP contribution in [-0.4, -0.2) is 68.1 Å². The van der Waals surface area contributed by atoms with Crippen LogP contribution in [0.5, 0.6) is 0 Å². The van der Waals surface area contributed by atoms with E-state index in [0.29, 0.717) is 34.8 Å². The van der Waals surface area contributed by atoms with Crippen LogP contribution in [0.25, 0.3) is 10.2 Å². The molecule has 1 fully saturated rings. The molecule has 13 heteroatoms. The fourth-order valence-corrected chi connectivity index (χ4v) is 6.22. The number of thiazole rings is 1. The van der Waals surface area contributed by atoms with Gasteiger partial charge in [-0.1, -0.05) is 11.3 Å². The number of hydrogen-bond donors (Lipinski definition) is 0. The minimum absolute atomic E-state index is 0.0539. The third-order valence-electron chi connectivity index (χ3n) is 5.89. The monoisotopic (exact) mass is 534 g/mol. The number of carbonyl (C=O) groups is 1. The molecule has 4 rings (SSSR count). The number of nitro benzene ring substituents is 1. The highest BCUT2D eigenvalue weighted by atomic mass is 32.2. The Morgan fingerprint density at radius 3 is 2.69 bits per heavy atom. The Kier molecular flexibility index (Phi) is 7.95. The number of ether oxygens (including phenoxy) is 2. The summed E-state index contributed by atoms with van der Waals surface area (Å²) in [5.41, 5.74) is 0.865. The lowest BCUT2D eigenvalue weighted by Crippen LogP contribution is -2.34. The molecule has 11 nitrogen and oxygen atoms in total. The van der Waals surface area contributed by atoms with Gasteiger partial charge in [-0.05, 0) is 43.2 Å². The molecule has 1 aliphatic heterocycles. The molecule has 1 aliphatic rings. The molecule has 0 spiro atoms. The molecule has 192 valence electrons. The van der Waals surface area contributed by atoms with E-state index in [2.05, 4.69) is 4.99 Å². The molecule has 1 aromatic heterocycles. The van der Waals surface area contributed by atoms with Crippen LogP contribution in [0.1, 0.15) is 23.2 Å². The Labute approximate surface area is 211 Å². The van der Waals surface area contributed by atoms with Crippen LogP contribution in [-0.2, 0) is 26.0 Å². The van der Waals surface area contributed by atoms with Crippen LogP contribution in [0.2, 0.25) is 0 Å². The SMILES string of the molecule is COCCn1c(=NC(=O)c2ccc(S(=O)(=O)N(C)CC3CCCO3)cc2)sc2cc([N+](=O)[O-])ccc21.